The normalized spacial score (nSPS) is 13.1. The zero-order valence-electron chi connectivity index (χ0n) is 27.0. The van der Waals surface area contributed by atoms with Gasteiger partial charge in [-0.15, -0.1) is 0 Å². The first-order valence-corrected chi connectivity index (χ1v) is 13.6. The molecule has 0 N–H and O–H groups in total. The Labute approximate surface area is 245 Å². The maximum absolute atomic E-state index is 8.88. The van der Waals surface area contributed by atoms with Crippen LogP contribution in [0.1, 0.15) is 6.85 Å². The van der Waals surface area contributed by atoms with Crippen LogP contribution in [0.15, 0.2) is 158 Å². The van der Waals surface area contributed by atoms with Gasteiger partial charge in [-0.3, -0.25) is 4.57 Å². The highest BCUT2D eigenvalue weighted by molar-refractivity contribution is 6.19. The Balaban J connectivity index is 1.58. The summed E-state index contributed by atoms with van der Waals surface area (Å²) >= 11 is 0. The number of fused-ring (bicyclic) bond motifs is 3. The fourth-order valence-corrected chi connectivity index (χ4v) is 5.90. The highest BCUT2D eigenvalue weighted by Crippen LogP contribution is 2.44. The predicted molar refractivity (Wildman–Crippen MR) is 172 cm³/mol. The Hall–Kier alpha value is -5.47. The van der Waals surface area contributed by atoms with E-state index in [9.17, 15) is 0 Å². The van der Waals surface area contributed by atoms with Crippen molar-refractivity contribution in [1.82, 2.24) is 9.55 Å². The van der Waals surface area contributed by atoms with E-state index in [0.29, 0.717) is 11.3 Å². The van der Waals surface area contributed by atoms with Crippen molar-refractivity contribution in [1.29, 1.82) is 0 Å². The maximum atomic E-state index is 8.88. The minimum atomic E-state index is -0.432. The molecule has 7 aromatic carbocycles. The largest absolute Gasteiger partial charge is 0.291 e. The summed E-state index contributed by atoms with van der Waals surface area (Å²) in [5.41, 5.74) is 6.69. The summed E-state index contributed by atoms with van der Waals surface area (Å²) in [6.07, 6.45) is 0. The lowest BCUT2D eigenvalue weighted by Gasteiger charge is -2.20. The Morgan fingerprint density at radius 3 is 1.90 bits per heavy atom. The van der Waals surface area contributed by atoms with E-state index >= 15 is 0 Å². The fraction of sp³-hybridized carbons (Fsp3) is 0. The fourth-order valence-electron chi connectivity index (χ4n) is 5.90. The molecule has 0 bridgehead atoms. The molecule has 0 aliphatic carbocycles. The van der Waals surface area contributed by atoms with Crippen molar-refractivity contribution in [3.05, 3.63) is 158 Å². The van der Waals surface area contributed by atoms with Crippen LogP contribution in [0, 0.1) is 0 Å². The molecule has 192 valence electrons. The average Bonchev–Trinajstić information content (AvgIpc) is 3.47. The second-order valence-corrected chi connectivity index (χ2v) is 10.0. The first-order chi connectivity index (χ1) is 22.4. The highest BCUT2D eigenvalue weighted by Gasteiger charge is 2.22. The number of rotatable bonds is 4. The lowest BCUT2D eigenvalue weighted by molar-refractivity contribution is 1.13. The van der Waals surface area contributed by atoms with Crippen molar-refractivity contribution in [3.63, 3.8) is 0 Å². The average molecular weight is 528 g/mol. The van der Waals surface area contributed by atoms with E-state index in [4.69, 9.17) is 11.8 Å². The van der Waals surface area contributed by atoms with Crippen molar-refractivity contribution in [3.8, 4) is 39.3 Å². The summed E-state index contributed by atoms with van der Waals surface area (Å²) in [6.45, 7) is 0. The Bertz CT molecular complexity index is 2440. The van der Waals surface area contributed by atoms with Crippen LogP contribution in [0.3, 0.4) is 0 Å². The molecule has 1 aromatic heterocycles. The summed E-state index contributed by atoms with van der Waals surface area (Å²) in [5.74, 6) is 0.296. The molecule has 1 heterocycles. The number of nitrogens with zero attached hydrogens (tertiary/aromatic N) is 2. The monoisotopic (exact) mass is 527 g/mol. The number of hydrogen-bond donors (Lipinski definition) is 0. The number of para-hydroxylation sites is 2. The number of benzene rings is 7. The molecule has 0 aliphatic rings. The van der Waals surface area contributed by atoms with Crippen LogP contribution in [0.25, 0.3) is 71.9 Å². The molecule has 2 heteroatoms. The van der Waals surface area contributed by atoms with Gasteiger partial charge in [-0.25, -0.2) is 4.98 Å². The summed E-state index contributed by atoms with van der Waals surface area (Å²) in [5, 5.41) is 3.98. The summed E-state index contributed by atoms with van der Waals surface area (Å²) in [6, 6.07) is 41.3. The van der Waals surface area contributed by atoms with Gasteiger partial charge in [0.15, 0.2) is 0 Å². The molecule has 0 fully saturated rings. The molecule has 2 nitrogen and oxygen atoms in total. The van der Waals surface area contributed by atoms with Crippen molar-refractivity contribution in [2.24, 2.45) is 0 Å². The minimum Gasteiger partial charge on any atom is -0.291 e. The predicted octanol–water partition coefficient (Wildman–Crippen LogP) is 10.3. The molecule has 0 radical (unpaired) electrons. The molecule has 0 atom stereocenters. The van der Waals surface area contributed by atoms with Crippen LogP contribution < -0.4 is 0 Å². The van der Waals surface area contributed by atoms with E-state index < -0.39 is 18.1 Å². The third-order valence-electron chi connectivity index (χ3n) is 7.67. The van der Waals surface area contributed by atoms with Gasteiger partial charge in [-0.2, -0.15) is 0 Å². The zero-order valence-corrected chi connectivity index (χ0v) is 22.0. The van der Waals surface area contributed by atoms with E-state index in [2.05, 4.69) is 54.6 Å². The van der Waals surface area contributed by atoms with E-state index in [1.807, 2.05) is 77.4 Å². The third kappa shape index (κ3) is 3.84. The first-order valence-electron chi connectivity index (χ1n) is 16.1. The summed E-state index contributed by atoms with van der Waals surface area (Å²) in [7, 11) is 0. The molecule has 0 saturated carbocycles. The molecule has 0 aliphatic heterocycles. The first kappa shape index (κ1) is 18.8. The topological polar surface area (TPSA) is 17.8 Å². The van der Waals surface area contributed by atoms with Crippen molar-refractivity contribution in [2.75, 3.05) is 0 Å². The van der Waals surface area contributed by atoms with Gasteiger partial charge in [0.05, 0.1) is 23.6 Å². The van der Waals surface area contributed by atoms with Crippen LogP contribution in [-0.4, -0.2) is 9.55 Å². The zero-order chi connectivity index (χ0) is 31.5. The molecular weight excluding hydrogens is 496 g/mol. The van der Waals surface area contributed by atoms with Crippen molar-refractivity contribution in [2.45, 2.75) is 0 Å². The lowest BCUT2D eigenvalue weighted by atomic mass is 9.88. The number of aromatic nitrogens is 2. The molecule has 0 saturated heterocycles. The standard InChI is InChI=1S/C39H26N2/c1-4-14-27(15-5-1)30-24-25-33-34(26-30)37(28-16-6-2-7-17-28)31-20-10-11-21-32(31)38(33)41-36-23-13-12-22-35(36)40-39(41)29-18-8-3-9-19-29/h1-26H/i3D,8D,9D,18D,19D. The van der Waals surface area contributed by atoms with Crippen molar-refractivity contribution < 1.29 is 6.85 Å². The van der Waals surface area contributed by atoms with E-state index in [1.54, 1.807) is 0 Å². The molecular formula is C39H26N2. The van der Waals surface area contributed by atoms with Gasteiger partial charge in [0, 0.05) is 16.3 Å². The van der Waals surface area contributed by atoms with Gasteiger partial charge >= 0.3 is 0 Å². The SMILES string of the molecule is [2H]c1c([2H])c([2H])c(-c2nc3ccccc3n2-c2c3ccccc3c(-c3ccccc3)c3cc(-c4ccccc4)ccc23)c([2H])c1[2H]. The number of imidazole rings is 1. The van der Waals surface area contributed by atoms with Gasteiger partial charge in [0.1, 0.15) is 5.82 Å². The van der Waals surface area contributed by atoms with E-state index in [0.717, 1.165) is 55.0 Å². The smallest absolute Gasteiger partial charge is 0.145 e. The second kappa shape index (κ2) is 9.62. The summed E-state index contributed by atoms with van der Waals surface area (Å²) in [4.78, 5) is 4.95. The Kier molecular flexibility index (Phi) is 4.40. The minimum absolute atomic E-state index is 0.0625. The Morgan fingerprint density at radius 2 is 1.12 bits per heavy atom. The molecule has 0 amide bonds. The van der Waals surface area contributed by atoms with Gasteiger partial charge in [0.2, 0.25) is 0 Å². The number of hydrogen-bond acceptors (Lipinski definition) is 1. The molecule has 0 unspecified atom stereocenters. The summed E-state index contributed by atoms with van der Waals surface area (Å²) < 4.78 is 44.8. The van der Waals surface area contributed by atoms with Crippen LogP contribution in [0.2, 0.25) is 0 Å². The van der Waals surface area contributed by atoms with Crippen LogP contribution in [-0.2, 0) is 0 Å². The molecule has 41 heavy (non-hydrogen) atoms. The molecule has 0 spiro atoms. The second-order valence-electron chi connectivity index (χ2n) is 10.0. The maximum Gasteiger partial charge on any atom is 0.145 e. The van der Waals surface area contributed by atoms with E-state index in [-0.39, 0.29) is 17.6 Å². The van der Waals surface area contributed by atoms with Gasteiger partial charge in [0.25, 0.3) is 0 Å². The van der Waals surface area contributed by atoms with Gasteiger partial charge in [-0.05, 0) is 51.2 Å². The van der Waals surface area contributed by atoms with Crippen molar-refractivity contribution >= 4 is 32.6 Å². The van der Waals surface area contributed by atoms with Crippen LogP contribution in [0.4, 0.5) is 0 Å². The van der Waals surface area contributed by atoms with Gasteiger partial charge < -0.3 is 0 Å². The molecule has 8 aromatic rings. The van der Waals surface area contributed by atoms with E-state index in [1.165, 1.54) is 0 Å². The highest BCUT2D eigenvalue weighted by atomic mass is 15.1. The quantitative estimate of drug-likeness (QED) is 0.208. The third-order valence-corrected chi connectivity index (χ3v) is 7.67. The van der Waals surface area contributed by atoms with Gasteiger partial charge in [-0.1, -0.05) is 139 Å². The van der Waals surface area contributed by atoms with Crippen LogP contribution >= 0.6 is 0 Å². The molecule has 8 rings (SSSR count). The van der Waals surface area contributed by atoms with Crippen LogP contribution in [0.5, 0.6) is 0 Å². The Morgan fingerprint density at radius 1 is 0.488 bits per heavy atom. The lowest BCUT2D eigenvalue weighted by Crippen LogP contribution is -2.01.